The van der Waals surface area contributed by atoms with Gasteiger partial charge >= 0.3 is 0 Å². The normalized spacial score (nSPS) is 11.0. The van der Waals surface area contributed by atoms with E-state index in [4.69, 9.17) is 11.6 Å². The maximum absolute atomic E-state index is 12.6. The molecule has 3 nitrogen and oxygen atoms in total. The molecule has 5 heteroatoms. The van der Waals surface area contributed by atoms with Crippen LogP contribution in [0.15, 0.2) is 24.3 Å². The SMILES string of the molecule is Cc1[nH]c2c(C(=O)Nc3cccc(Cl)c3)c(C)sc2c1C. The summed E-state index contributed by atoms with van der Waals surface area (Å²) < 4.78 is 1.15. The largest absolute Gasteiger partial charge is 0.357 e. The number of anilines is 1. The molecule has 1 aromatic carbocycles. The topological polar surface area (TPSA) is 44.9 Å². The Bertz CT molecular complexity index is 847. The van der Waals surface area contributed by atoms with Crippen LogP contribution in [-0.4, -0.2) is 10.9 Å². The summed E-state index contributed by atoms with van der Waals surface area (Å²) >= 11 is 7.60. The second-order valence-corrected chi connectivity index (χ2v) is 6.74. The van der Waals surface area contributed by atoms with Crippen molar-refractivity contribution in [3.05, 3.63) is 51.0 Å². The highest BCUT2D eigenvalue weighted by molar-refractivity contribution is 7.19. The van der Waals surface area contributed by atoms with E-state index in [0.717, 1.165) is 20.8 Å². The van der Waals surface area contributed by atoms with E-state index in [9.17, 15) is 4.79 Å². The number of halogens is 1. The molecule has 2 heterocycles. The van der Waals surface area contributed by atoms with Crippen LogP contribution in [0.5, 0.6) is 0 Å². The molecule has 0 fully saturated rings. The number of hydrogen-bond acceptors (Lipinski definition) is 2. The Hall–Kier alpha value is -1.78. The molecule has 1 amide bonds. The van der Waals surface area contributed by atoms with Crippen molar-refractivity contribution in [1.82, 2.24) is 4.98 Å². The Morgan fingerprint density at radius 3 is 2.76 bits per heavy atom. The number of carbonyl (C=O) groups is 1. The van der Waals surface area contributed by atoms with Crippen LogP contribution in [0.1, 0.15) is 26.5 Å². The molecule has 0 aliphatic carbocycles. The van der Waals surface area contributed by atoms with Crippen molar-refractivity contribution in [3.63, 3.8) is 0 Å². The molecule has 0 saturated heterocycles. The van der Waals surface area contributed by atoms with E-state index in [1.54, 1.807) is 23.5 Å². The number of nitrogens with one attached hydrogen (secondary N) is 2. The number of H-pyrrole nitrogens is 1. The number of carbonyl (C=O) groups excluding carboxylic acids is 1. The van der Waals surface area contributed by atoms with Gasteiger partial charge in [0.25, 0.3) is 5.91 Å². The average molecular weight is 319 g/mol. The fourth-order valence-corrected chi connectivity index (χ4v) is 3.77. The predicted molar refractivity (Wildman–Crippen MR) is 89.8 cm³/mol. The molecule has 2 aromatic heterocycles. The standard InChI is InChI=1S/C16H15ClN2OS/c1-8-9(2)18-14-13(10(3)21-15(8)14)16(20)19-12-6-4-5-11(17)7-12/h4-7,18H,1-3H3,(H,19,20). The van der Waals surface area contributed by atoms with Crippen molar-refractivity contribution in [2.24, 2.45) is 0 Å². The van der Waals surface area contributed by atoms with Gasteiger partial charge in [0.1, 0.15) is 0 Å². The van der Waals surface area contributed by atoms with Gasteiger partial charge in [-0.15, -0.1) is 11.3 Å². The lowest BCUT2D eigenvalue weighted by molar-refractivity contribution is 0.102. The minimum Gasteiger partial charge on any atom is -0.357 e. The van der Waals surface area contributed by atoms with Crippen LogP contribution >= 0.6 is 22.9 Å². The second kappa shape index (κ2) is 5.20. The van der Waals surface area contributed by atoms with Gasteiger partial charge < -0.3 is 10.3 Å². The zero-order chi connectivity index (χ0) is 15.1. The van der Waals surface area contributed by atoms with Crippen LogP contribution < -0.4 is 5.32 Å². The lowest BCUT2D eigenvalue weighted by atomic mass is 10.2. The highest BCUT2D eigenvalue weighted by atomic mass is 35.5. The summed E-state index contributed by atoms with van der Waals surface area (Å²) in [5.74, 6) is -0.109. The number of hydrogen-bond donors (Lipinski definition) is 2. The van der Waals surface area contributed by atoms with Gasteiger partial charge in [0, 0.05) is 21.3 Å². The molecule has 0 aliphatic rings. The third kappa shape index (κ3) is 2.45. The Balaban J connectivity index is 2.01. The van der Waals surface area contributed by atoms with E-state index in [1.165, 1.54) is 5.56 Å². The number of amides is 1. The number of thiophene rings is 1. The molecule has 0 saturated carbocycles. The zero-order valence-corrected chi connectivity index (χ0v) is 13.6. The molecule has 0 bridgehead atoms. The van der Waals surface area contributed by atoms with Gasteiger partial charge in [-0.25, -0.2) is 0 Å². The van der Waals surface area contributed by atoms with Gasteiger partial charge in [-0.1, -0.05) is 17.7 Å². The first-order chi connectivity index (χ1) is 9.97. The van der Waals surface area contributed by atoms with Gasteiger partial charge in [0.15, 0.2) is 0 Å². The van der Waals surface area contributed by atoms with E-state index in [-0.39, 0.29) is 5.91 Å². The minimum absolute atomic E-state index is 0.109. The summed E-state index contributed by atoms with van der Waals surface area (Å²) in [6.07, 6.45) is 0. The van der Waals surface area contributed by atoms with Crippen molar-refractivity contribution >= 4 is 44.7 Å². The Labute approximate surface area is 131 Å². The van der Waals surface area contributed by atoms with Gasteiger partial charge in [0.2, 0.25) is 0 Å². The Kier molecular flexibility index (Phi) is 3.51. The Morgan fingerprint density at radius 2 is 2.05 bits per heavy atom. The first-order valence-electron chi connectivity index (χ1n) is 6.62. The molecule has 0 unspecified atom stereocenters. The first-order valence-corrected chi connectivity index (χ1v) is 7.82. The highest BCUT2D eigenvalue weighted by Crippen LogP contribution is 2.34. The number of rotatable bonds is 2. The maximum atomic E-state index is 12.6. The molecular formula is C16H15ClN2OS. The van der Waals surface area contributed by atoms with Gasteiger partial charge in [0.05, 0.1) is 15.8 Å². The summed E-state index contributed by atoms with van der Waals surface area (Å²) in [5, 5.41) is 3.51. The van der Waals surface area contributed by atoms with Crippen LogP contribution in [0, 0.1) is 20.8 Å². The quantitative estimate of drug-likeness (QED) is 0.681. The number of aryl methyl sites for hydroxylation is 3. The molecular weight excluding hydrogens is 304 g/mol. The van der Waals surface area contributed by atoms with Crippen LogP contribution in [-0.2, 0) is 0 Å². The van der Waals surface area contributed by atoms with Gasteiger partial charge in [-0.2, -0.15) is 0 Å². The van der Waals surface area contributed by atoms with E-state index >= 15 is 0 Å². The minimum atomic E-state index is -0.109. The zero-order valence-electron chi connectivity index (χ0n) is 12.0. The predicted octanol–water partition coefficient (Wildman–Crippen LogP) is 5.06. The Morgan fingerprint density at radius 1 is 1.29 bits per heavy atom. The fourth-order valence-electron chi connectivity index (χ4n) is 2.41. The van der Waals surface area contributed by atoms with E-state index < -0.39 is 0 Å². The van der Waals surface area contributed by atoms with Gasteiger partial charge in [-0.05, 0) is 44.5 Å². The van der Waals surface area contributed by atoms with Crippen molar-refractivity contribution < 1.29 is 4.79 Å². The van der Waals surface area contributed by atoms with E-state index in [0.29, 0.717) is 16.3 Å². The van der Waals surface area contributed by atoms with Crippen molar-refractivity contribution in [1.29, 1.82) is 0 Å². The van der Waals surface area contributed by atoms with Crippen LogP contribution in [0.25, 0.3) is 10.2 Å². The molecule has 3 rings (SSSR count). The van der Waals surface area contributed by atoms with E-state index in [1.807, 2.05) is 26.0 Å². The number of fused-ring (bicyclic) bond motifs is 1. The number of aromatic amines is 1. The van der Waals surface area contributed by atoms with E-state index in [2.05, 4.69) is 17.2 Å². The molecule has 3 aromatic rings. The lowest BCUT2D eigenvalue weighted by Crippen LogP contribution is -2.12. The van der Waals surface area contributed by atoms with Crippen molar-refractivity contribution in [2.45, 2.75) is 20.8 Å². The fraction of sp³-hybridized carbons (Fsp3) is 0.188. The molecule has 108 valence electrons. The summed E-state index contributed by atoms with van der Waals surface area (Å²) in [5.41, 5.74) is 4.65. The first kappa shape index (κ1) is 14.2. The van der Waals surface area contributed by atoms with Gasteiger partial charge in [-0.3, -0.25) is 4.79 Å². The molecule has 2 N–H and O–H groups in total. The van der Waals surface area contributed by atoms with Crippen LogP contribution in [0.3, 0.4) is 0 Å². The van der Waals surface area contributed by atoms with Crippen molar-refractivity contribution in [2.75, 3.05) is 5.32 Å². The monoisotopic (exact) mass is 318 g/mol. The van der Waals surface area contributed by atoms with Crippen LogP contribution in [0.2, 0.25) is 5.02 Å². The molecule has 21 heavy (non-hydrogen) atoms. The average Bonchev–Trinajstić information content (AvgIpc) is 2.86. The van der Waals surface area contributed by atoms with Crippen LogP contribution in [0.4, 0.5) is 5.69 Å². The summed E-state index contributed by atoms with van der Waals surface area (Å²) in [6, 6.07) is 7.16. The smallest absolute Gasteiger partial charge is 0.258 e. The molecule has 0 spiro atoms. The third-order valence-corrected chi connectivity index (χ3v) is 5.07. The number of benzene rings is 1. The third-order valence-electron chi connectivity index (χ3n) is 3.61. The second-order valence-electron chi connectivity index (χ2n) is 5.08. The summed E-state index contributed by atoms with van der Waals surface area (Å²) in [4.78, 5) is 16.9. The molecule has 0 atom stereocenters. The lowest BCUT2D eigenvalue weighted by Gasteiger charge is -2.05. The highest BCUT2D eigenvalue weighted by Gasteiger charge is 2.20. The molecule has 0 aliphatic heterocycles. The number of aromatic nitrogens is 1. The molecule has 0 radical (unpaired) electrons. The maximum Gasteiger partial charge on any atom is 0.258 e. The summed E-state index contributed by atoms with van der Waals surface area (Å²) in [7, 11) is 0. The van der Waals surface area contributed by atoms with Crippen molar-refractivity contribution in [3.8, 4) is 0 Å². The summed E-state index contributed by atoms with van der Waals surface area (Å²) in [6.45, 7) is 6.07.